The van der Waals surface area contributed by atoms with Crippen molar-refractivity contribution >= 4 is 23.3 Å². The highest BCUT2D eigenvalue weighted by atomic mass is 32.2. The molecule has 0 spiro atoms. The maximum atomic E-state index is 12.3. The first kappa shape index (κ1) is 21.3. The minimum absolute atomic E-state index is 0.00214. The number of aliphatic carboxylic acids is 1. The molecule has 1 saturated heterocycles. The Hall–Kier alpha value is -0.755. The van der Waals surface area contributed by atoms with E-state index in [-0.39, 0.29) is 32.4 Å². The molecule has 2 atom stereocenters. The first-order valence-corrected chi connectivity index (χ1v) is 9.14. The van der Waals surface area contributed by atoms with Gasteiger partial charge in [-0.2, -0.15) is 12.7 Å². The maximum Gasteiger partial charge on any atom is 0.451 e. The summed E-state index contributed by atoms with van der Waals surface area (Å²) in [6.45, 7) is 2.91. The molecule has 0 aliphatic carbocycles. The summed E-state index contributed by atoms with van der Waals surface area (Å²) in [6, 6.07) is 0. The second-order valence-electron chi connectivity index (χ2n) is 7.06. The Morgan fingerprint density at radius 3 is 2.50 bits per heavy atom. The van der Waals surface area contributed by atoms with E-state index in [4.69, 9.17) is 21.5 Å². The molecule has 1 rings (SSSR count). The monoisotopic (exact) mass is 366 g/mol. The first-order valence-electron chi connectivity index (χ1n) is 7.70. The van der Waals surface area contributed by atoms with Gasteiger partial charge in [-0.1, -0.05) is 6.42 Å². The summed E-state index contributed by atoms with van der Waals surface area (Å²) in [5.74, 6) is -1.91. The van der Waals surface area contributed by atoms with Crippen LogP contribution in [0.1, 0.15) is 26.7 Å². The number of nitrogens with two attached hydrogens (primary N) is 2. The zero-order chi connectivity index (χ0) is 18.8. The van der Waals surface area contributed by atoms with Crippen LogP contribution in [0.15, 0.2) is 0 Å². The number of nitrogens with one attached hydrogen (secondary N) is 1. The van der Waals surface area contributed by atoms with Gasteiger partial charge in [0.2, 0.25) is 0 Å². The molecule has 1 heterocycles. The molecule has 0 unspecified atom stereocenters. The Bertz CT molecular complexity index is 552. The summed E-state index contributed by atoms with van der Waals surface area (Å²) in [4.78, 5) is 11.5. The summed E-state index contributed by atoms with van der Waals surface area (Å²) in [6.07, 6.45) is 0.666. The van der Waals surface area contributed by atoms with Crippen molar-refractivity contribution in [1.82, 2.24) is 9.03 Å². The molecule has 0 amide bonds. The standard InChI is InChI=1S/C12H27BN4O6S/c1-11(2,14)7-16-24(22,23)17-6-9(4-3-5-13(20)21)12(15,8-17)10(18)19/h9,16,20-21H,3-8,14-15H2,1-2H3,(H,18,19)/t9-,12-/m1/s1. The van der Waals surface area contributed by atoms with Gasteiger partial charge in [0.1, 0.15) is 5.54 Å². The third kappa shape index (κ3) is 5.65. The van der Waals surface area contributed by atoms with Crippen LogP contribution in [-0.2, 0) is 15.0 Å². The summed E-state index contributed by atoms with van der Waals surface area (Å²) in [5, 5.41) is 27.2. The Morgan fingerprint density at radius 1 is 1.46 bits per heavy atom. The summed E-state index contributed by atoms with van der Waals surface area (Å²) < 4.78 is 28.1. The Labute approximate surface area is 142 Å². The van der Waals surface area contributed by atoms with E-state index in [0.29, 0.717) is 6.42 Å². The fourth-order valence-corrected chi connectivity index (χ4v) is 4.08. The van der Waals surface area contributed by atoms with Crippen LogP contribution in [0.25, 0.3) is 0 Å². The molecule has 1 fully saturated rings. The lowest BCUT2D eigenvalue weighted by molar-refractivity contribution is -0.144. The zero-order valence-corrected chi connectivity index (χ0v) is 14.8. The van der Waals surface area contributed by atoms with Crippen molar-refractivity contribution in [1.29, 1.82) is 0 Å². The smallest absolute Gasteiger partial charge is 0.451 e. The molecule has 0 aromatic heterocycles. The van der Waals surface area contributed by atoms with E-state index >= 15 is 0 Å². The van der Waals surface area contributed by atoms with Crippen LogP contribution in [0.2, 0.25) is 6.32 Å². The van der Waals surface area contributed by atoms with Crippen LogP contribution in [0, 0.1) is 5.92 Å². The van der Waals surface area contributed by atoms with Crippen LogP contribution in [0.3, 0.4) is 0 Å². The van der Waals surface area contributed by atoms with E-state index in [2.05, 4.69) is 4.72 Å². The van der Waals surface area contributed by atoms with Gasteiger partial charge in [0.05, 0.1) is 0 Å². The fourth-order valence-electron chi connectivity index (χ4n) is 2.58. The summed E-state index contributed by atoms with van der Waals surface area (Å²) in [7, 11) is -5.40. The number of nitrogens with zero attached hydrogens (tertiary/aromatic N) is 1. The van der Waals surface area contributed by atoms with Crippen molar-refractivity contribution in [2.75, 3.05) is 19.6 Å². The SMILES string of the molecule is CC(C)(N)CNS(=O)(=O)N1C[C@@H](CCCB(O)O)[C@@](N)(C(=O)O)C1. The molecule has 1 aliphatic rings. The van der Waals surface area contributed by atoms with Crippen molar-refractivity contribution in [3.63, 3.8) is 0 Å². The second-order valence-corrected chi connectivity index (χ2v) is 8.82. The lowest BCUT2D eigenvalue weighted by Gasteiger charge is -2.25. The molecule has 0 bridgehead atoms. The Morgan fingerprint density at radius 2 is 2.04 bits per heavy atom. The second kappa shape index (κ2) is 7.64. The molecule has 8 N–H and O–H groups in total. The van der Waals surface area contributed by atoms with Gasteiger partial charge in [-0.05, 0) is 26.6 Å². The predicted molar refractivity (Wildman–Crippen MR) is 89.0 cm³/mol. The van der Waals surface area contributed by atoms with Gasteiger partial charge >= 0.3 is 13.1 Å². The Balaban J connectivity index is 2.83. The average Bonchev–Trinajstić information content (AvgIpc) is 2.75. The van der Waals surface area contributed by atoms with Crippen molar-refractivity contribution in [3.8, 4) is 0 Å². The minimum Gasteiger partial charge on any atom is -0.480 e. The number of rotatable bonds is 9. The summed E-state index contributed by atoms with van der Waals surface area (Å²) in [5.41, 5.74) is 9.23. The quantitative estimate of drug-likeness (QED) is 0.243. The number of carbonyl (C=O) groups is 1. The number of hydrogen-bond acceptors (Lipinski definition) is 7. The fraction of sp³-hybridized carbons (Fsp3) is 0.917. The molecule has 0 aromatic carbocycles. The highest BCUT2D eigenvalue weighted by Crippen LogP contribution is 2.31. The van der Waals surface area contributed by atoms with Crippen LogP contribution in [0.5, 0.6) is 0 Å². The highest BCUT2D eigenvalue weighted by molar-refractivity contribution is 7.87. The van der Waals surface area contributed by atoms with Crippen molar-refractivity contribution in [2.45, 2.75) is 44.1 Å². The van der Waals surface area contributed by atoms with E-state index in [1.807, 2.05) is 0 Å². The molecule has 10 nitrogen and oxygen atoms in total. The van der Waals surface area contributed by atoms with E-state index < -0.39 is 40.3 Å². The van der Waals surface area contributed by atoms with Crippen molar-refractivity contribution < 1.29 is 28.4 Å². The summed E-state index contributed by atoms with van der Waals surface area (Å²) >= 11 is 0. The molecule has 0 radical (unpaired) electrons. The molecule has 1 aliphatic heterocycles. The van der Waals surface area contributed by atoms with E-state index in [1.165, 1.54) is 0 Å². The number of carboxylic acids is 1. The van der Waals surface area contributed by atoms with Crippen LogP contribution >= 0.6 is 0 Å². The predicted octanol–water partition coefficient (Wildman–Crippen LogP) is -2.47. The molecule has 24 heavy (non-hydrogen) atoms. The topological polar surface area (TPSA) is 179 Å². The van der Waals surface area contributed by atoms with Crippen LogP contribution in [0.4, 0.5) is 0 Å². The van der Waals surface area contributed by atoms with Gasteiger partial charge < -0.3 is 26.6 Å². The Kier molecular flexibility index (Phi) is 6.78. The van der Waals surface area contributed by atoms with E-state index in [9.17, 15) is 18.3 Å². The van der Waals surface area contributed by atoms with Crippen molar-refractivity contribution in [2.24, 2.45) is 17.4 Å². The molecule has 12 heteroatoms. The van der Waals surface area contributed by atoms with Gasteiger partial charge in [0.15, 0.2) is 0 Å². The third-order valence-corrected chi connectivity index (χ3v) is 5.52. The van der Waals surface area contributed by atoms with Gasteiger partial charge in [-0.3, -0.25) is 4.79 Å². The molecule has 140 valence electrons. The minimum atomic E-state index is -3.91. The van der Waals surface area contributed by atoms with Crippen LogP contribution in [-0.4, -0.2) is 71.7 Å². The maximum absolute atomic E-state index is 12.3. The lowest BCUT2D eigenvalue weighted by atomic mass is 9.78. The molecular weight excluding hydrogens is 339 g/mol. The molecular formula is C12H27BN4O6S. The van der Waals surface area contributed by atoms with Crippen LogP contribution < -0.4 is 16.2 Å². The lowest BCUT2D eigenvalue weighted by Crippen LogP contribution is -2.56. The molecule has 0 aromatic rings. The van der Waals surface area contributed by atoms with Gasteiger partial charge in [-0.15, -0.1) is 0 Å². The van der Waals surface area contributed by atoms with Gasteiger partial charge in [0, 0.05) is 31.1 Å². The van der Waals surface area contributed by atoms with E-state index in [0.717, 1.165) is 4.31 Å². The van der Waals surface area contributed by atoms with E-state index in [1.54, 1.807) is 13.8 Å². The zero-order valence-electron chi connectivity index (χ0n) is 14.0. The first-order chi connectivity index (χ1) is 10.8. The largest absolute Gasteiger partial charge is 0.480 e. The van der Waals surface area contributed by atoms with Crippen molar-refractivity contribution in [3.05, 3.63) is 0 Å². The normalized spacial score (nSPS) is 25.8. The molecule has 0 saturated carbocycles. The average molecular weight is 366 g/mol. The van der Waals surface area contributed by atoms with Gasteiger partial charge in [-0.25, -0.2) is 4.72 Å². The third-order valence-electron chi connectivity index (χ3n) is 4.05. The highest BCUT2D eigenvalue weighted by Gasteiger charge is 2.52. The number of hydrogen-bond donors (Lipinski definition) is 6. The van der Waals surface area contributed by atoms with Gasteiger partial charge in [0.25, 0.3) is 10.2 Å². The number of carboxylic acid groups (broad SMARTS) is 1.